The minimum atomic E-state index is -3.11. The predicted molar refractivity (Wildman–Crippen MR) is 54.1 cm³/mol. The lowest BCUT2D eigenvalue weighted by molar-refractivity contribution is 0.457. The molecule has 0 spiro atoms. The highest BCUT2D eigenvalue weighted by Gasteiger charge is 2.17. The van der Waals surface area contributed by atoms with Crippen LogP contribution >= 0.6 is 0 Å². The van der Waals surface area contributed by atoms with E-state index in [1.165, 1.54) is 4.31 Å². The molecule has 1 N–H and O–H groups in total. The van der Waals surface area contributed by atoms with Crippen molar-refractivity contribution in [1.82, 2.24) is 14.3 Å². The van der Waals surface area contributed by atoms with Crippen LogP contribution in [0.1, 0.15) is 19.2 Å². The number of hydrogen-bond donors (Lipinski definition) is 1. The van der Waals surface area contributed by atoms with Crippen LogP contribution in [0.15, 0.2) is 12.4 Å². The number of aromatic nitrogens is 2. The molecule has 1 aromatic rings. The molecule has 0 aliphatic heterocycles. The highest BCUT2D eigenvalue weighted by Crippen LogP contribution is 2.04. The predicted octanol–water partition coefficient (Wildman–Crippen LogP) is 0.581. The second-order valence-corrected chi connectivity index (χ2v) is 5.30. The fraction of sp³-hybridized carbons (Fsp3) is 0.625. The molecule has 0 radical (unpaired) electrons. The summed E-state index contributed by atoms with van der Waals surface area (Å²) in [6.45, 7) is 2.15. The molecular weight excluding hydrogens is 202 g/mol. The maximum Gasteiger partial charge on any atom is 0.214 e. The Morgan fingerprint density at radius 2 is 2.29 bits per heavy atom. The highest BCUT2D eigenvalue weighted by atomic mass is 32.2. The average Bonchev–Trinajstić information content (AvgIpc) is 2.56. The quantitative estimate of drug-likeness (QED) is 0.784. The Morgan fingerprint density at radius 1 is 1.57 bits per heavy atom. The molecule has 0 atom stereocenters. The molecule has 0 amide bonds. The van der Waals surface area contributed by atoms with E-state index in [4.69, 9.17) is 0 Å². The van der Waals surface area contributed by atoms with Crippen LogP contribution in [0.25, 0.3) is 0 Å². The van der Waals surface area contributed by atoms with E-state index < -0.39 is 10.0 Å². The van der Waals surface area contributed by atoms with Gasteiger partial charge in [-0.15, -0.1) is 0 Å². The lowest BCUT2D eigenvalue weighted by atomic mass is 10.6. The molecule has 1 heterocycles. The van der Waals surface area contributed by atoms with Gasteiger partial charge in [-0.2, -0.15) is 4.31 Å². The molecule has 5 nitrogen and oxygen atoms in total. The molecule has 0 saturated carbocycles. The van der Waals surface area contributed by atoms with Gasteiger partial charge >= 0.3 is 0 Å². The molecule has 6 heteroatoms. The number of hydrogen-bond acceptors (Lipinski definition) is 3. The third-order valence-electron chi connectivity index (χ3n) is 1.86. The van der Waals surface area contributed by atoms with Crippen LogP contribution in [-0.2, 0) is 16.6 Å². The summed E-state index contributed by atoms with van der Waals surface area (Å²) >= 11 is 0. The maximum atomic E-state index is 11.5. The Labute approximate surface area is 84.2 Å². The van der Waals surface area contributed by atoms with Crippen molar-refractivity contribution in [3.63, 3.8) is 0 Å². The van der Waals surface area contributed by atoms with Crippen LogP contribution in [0, 0.1) is 0 Å². The van der Waals surface area contributed by atoms with Gasteiger partial charge in [-0.3, -0.25) is 0 Å². The number of sulfonamides is 1. The number of rotatable bonds is 5. The van der Waals surface area contributed by atoms with Crippen LogP contribution < -0.4 is 0 Å². The number of aromatic amines is 1. The van der Waals surface area contributed by atoms with Gasteiger partial charge in [0.2, 0.25) is 10.0 Å². The zero-order chi connectivity index (χ0) is 10.6. The van der Waals surface area contributed by atoms with Crippen LogP contribution in [0.5, 0.6) is 0 Å². The van der Waals surface area contributed by atoms with E-state index in [1.807, 2.05) is 6.92 Å². The lowest BCUT2D eigenvalue weighted by Gasteiger charge is -2.14. The van der Waals surface area contributed by atoms with E-state index in [-0.39, 0.29) is 5.75 Å². The monoisotopic (exact) mass is 217 g/mol. The van der Waals surface area contributed by atoms with Crippen LogP contribution in [0.3, 0.4) is 0 Å². The number of nitrogens with one attached hydrogen (secondary N) is 1. The van der Waals surface area contributed by atoms with Crippen LogP contribution in [0.2, 0.25) is 0 Å². The Kier molecular flexibility index (Phi) is 3.65. The largest absolute Gasteiger partial charge is 0.347 e. The van der Waals surface area contributed by atoms with E-state index in [2.05, 4.69) is 9.97 Å². The molecule has 80 valence electrons. The molecule has 1 rings (SSSR count). The standard InChI is InChI=1S/C8H15N3O2S/c1-3-6-14(12,13)11(2)7-8-9-4-5-10-8/h4-5H,3,6-7H2,1-2H3,(H,9,10). The molecule has 0 aromatic carbocycles. The Bertz CT molecular complexity index is 358. The first kappa shape index (κ1) is 11.2. The van der Waals surface area contributed by atoms with Gasteiger partial charge in [0.05, 0.1) is 12.3 Å². The Morgan fingerprint density at radius 3 is 2.79 bits per heavy atom. The smallest absolute Gasteiger partial charge is 0.214 e. The molecule has 0 unspecified atom stereocenters. The van der Waals surface area contributed by atoms with Crippen molar-refractivity contribution in [2.45, 2.75) is 19.9 Å². The Balaban J connectivity index is 2.62. The van der Waals surface area contributed by atoms with E-state index in [0.717, 1.165) is 0 Å². The highest BCUT2D eigenvalue weighted by molar-refractivity contribution is 7.89. The molecule has 0 aliphatic rings. The number of H-pyrrole nitrogens is 1. The van der Waals surface area contributed by atoms with Gasteiger partial charge in [-0.05, 0) is 6.42 Å². The van der Waals surface area contributed by atoms with Gasteiger partial charge in [0.1, 0.15) is 5.82 Å². The van der Waals surface area contributed by atoms with Crippen molar-refractivity contribution in [1.29, 1.82) is 0 Å². The average molecular weight is 217 g/mol. The maximum absolute atomic E-state index is 11.5. The molecule has 0 bridgehead atoms. The summed E-state index contributed by atoms with van der Waals surface area (Å²) in [6, 6.07) is 0. The molecule has 14 heavy (non-hydrogen) atoms. The van der Waals surface area contributed by atoms with Crippen molar-refractivity contribution >= 4 is 10.0 Å². The van der Waals surface area contributed by atoms with Gasteiger partial charge in [-0.1, -0.05) is 6.92 Å². The van der Waals surface area contributed by atoms with Crippen LogP contribution in [-0.4, -0.2) is 35.5 Å². The van der Waals surface area contributed by atoms with Gasteiger partial charge < -0.3 is 4.98 Å². The summed E-state index contributed by atoms with van der Waals surface area (Å²) in [5, 5.41) is 0. The Hall–Kier alpha value is -0.880. The summed E-state index contributed by atoms with van der Waals surface area (Å²) in [5.41, 5.74) is 0. The summed E-state index contributed by atoms with van der Waals surface area (Å²) in [7, 11) is -1.55. The fourth-order valence-electron chi connectivity index (χ4n) is 1.11. The molecule has 0 saturated heterocycles. The second kappa shape index (κ2) is 4.56. The minimum Gasteiger partial charge on any atom is -0.347 e. The van der Waals surface area contributed by atoms with Gasteiger partial charge in [0.25, 0.3) is 0 Å². The van der Waals surface area contributed by atoms with Crippen molar-refractivity contribution in [2.24, 2.45) is 0 Å². The normalized spacial score (nSPS) is 12.2. The number of nitrogens with zero attached hydrogens (tertiary/aromatic N) is 2. The minimum absolute atomic E-state index is 0.185. The summed E-state index contributed by atoms with van der Waals surface area (Å²) in [5.74, 6) is 0.844. The molecule has 0 aliphatic carbocycles. The summed E-state index contributed by atoms with van der Waals surface area (Å²) < 4.78 is 24.4. The van der Waals surface area contributed by atoms with E-state index in [9.17, 15) is 8.42 Å². The van der Waals surface area contributed by atoms with Crippen molar-refractivity contribution in [3.8, 4) is 0 Å². The van der Waals surface area contributed by atoms with Crippen LogP contribution in [0.4, 0.5) is 0 Å². The van der Waals surface area contributed by atoms with Crippen molar-refractivity contribution < 1.29 is 8.42 Å². The molecule has 0 fully saturated rings. The van der Waals surface area contributed by atoms with Crippen molar-refractivity contribution in [3.05, 3.63) is 18.2 Å². The first-order valence-electron chi connectivity index (χ1n) is 4.48. The third-order valence-corrected chi connectivity index (χ3v) is 3.87. The lowest BCUT2D eigenvalue weighted by Crippen LogP contribution is -2.29. The van der Waals surface area contributed by atoms with E-state index in [1.54, 1.807) is 19.4 Å². The van der Waals surface area contributed by atoms with Gasteiger partial charge in [0, 0.05) is 19.4 Å². The summed E-state index contributed by atoms with van der Waals surface area (Å²) in [4.78, 5) is 6.83. The zero-order valence-corrected chi connectivity index (χ0v) is 9.21. The first-order valence-corrected chi connectivity index (χ1v) is 6.09. The number of imidazole rings is 1. The first-order chi connectivity index (χ1) is 6.56. The summed E-state index contributed by atoms with van der Waals surface area (Å²) in [6.07, 6.45) is 3.91. The topological polar surface area (TPSA) is 66.1 Å². The van der Waals surface area contributed by atoms with E-state index >= 15 is 0 Å². The molecular formula is C8H15N3O2S. The van der Waals surface area contributed by atoms with Gasteiger partial charge in [-0.25, -0.2) is 13.4 Å². The zero-order valence-electron chi connectivity index (χ0n) is 8.40. The fourth-order valence-corrected chi connectivity index (χ4v) is 2.25. The third kappa shape index (κ3) is 2.81. The van der Waals surface area contributed by atoms with Gasteiger partial charge in [0.15, 0.2) is 0 Å². The van der Waals surface area contributed by atoms with Crippen molar-refractivity contribution in [2.75, 3.05) is 12.8 Å². The van der Waals surface area contributed by atoms with E-state index in [0.29, 0.717) is 18.8 Å². The SMILES string of the molecule is CCCS(=O)(=O)N(C)Cc1ncc[nH]1. The molecule has 1 aromatic heterocycles. The second-order valence-electron chi connectivity index (χ2n) is 3.11.